The first-order chi connectivity index (χ1) is 3.31. The van der Waals surface area contributed by atoms with Crippen LogP contribution in [0.4, 0.5) is 0 Å². The highest BCUT2D eigenvalue weighted by Crippen LogP contribution is 1.82. The van der Waals surface area contributed by atoms with Gasteiger partial charge in [-0.25, -0.2) is 0 Å². The van der Waals surface area contributed by atoms with Crippen molar-refractivity contribution in [3.05, 3.63) is 17.2 Å². The van der Waals surface area contributed by atoms with Gasteiger partial charge in [0.05, 0.1) is 15.2 Å². The van der Waals surface area contributed by atoms with Crippen LogP contribution in [-0.4, -0.2) is 15.2 Å². The van der Waals surface area contributed by atoms with Gasteiger partial charge in [0, 0.05) is 0 Å². The van der Waals surface area contributed by atoms with Crippen molar-refractivity contribution in [1.29, 1.82) is 0 Å². The molecule has 0 N–H and O–H groups in total. The first kappa shape index (κ1) is 6.56. The Balaban J connectivity index is 3.15. The third kappa shape index (κ3) is 3.39. The molecule has 0 radical (unpaired) electrons. The molecule has 0 fully saturated rings. The van der Waals surface area contributed by atoms with E-state index < -0.39 is 0 Å². The first-order valence-electron chi connectivity index (χ1n) is 2.24. The van der Waals surface area contributed by atoms with Gasteiger partial charge in [-0.3, -0.25) is 0 Å². The standard InChI is InChI=1S/C4H9NOSi/c1-3-7-4(2)5-6/h3-4H,1,7H2,2H3. The maximum atomic E-state index is 9.63. The van der Waals surface area contributed by atoms with E-state index in [9.17, 15) is 4.91 Å². The Morgan fingerprint density at radius 3 is 2.71 bits per heavy atom. The number of rotatable bonds is 3. The quantitative estimate of drug-likeness (QED) is 0.387. The van der Waals surface area contributed by atoms with E-state index in [0.717, 1.165) is 0 Å². The Kier molecular flexibility index (Phi) is 3.50. The molecule has 0 saturated heterocycles. The highest BCUT2D eigenvalue weighted by atomic mass is 28.2. The number of hydrogen-bond acceptors (Lipinski definition) is 2. The van der Waals surface area contributed by atoms with Gasteiger partial charge in [-0.05, 0) is 6.92 Å². The molecule has 0 rings (SSSR count). The van der Waals surface area contributed by atoms with E-state index >= 15 is 0 Å². The lowest BCUT2D eigenvalue weighted by molar-refractivity contribution is 1.01. The normalized spacial score (nSPS) is 14.4. The molecule has 0 aromatic rings. The molecule has 0 amide bonds. The first-order valence-corrected chi connectivity index (χ1v) is 3.88. The summed E-state index contributed by atoms with van der Waals surface area (Å²) < 4.78 is 0. The highest BCUT2D eigenvalue weighted by Gasteiger charge is 1.93. The van der Waals surface area contributed by atoms with E-state index in [1.165, 1.54) is 0 Å². The molecule has 0 aromatic heterocycles. The van der Waals surface area contributed by atoms with Gasteiger partial charge in [0.2, 0.25) is 0 Å². The summed E-state index contributed by atoms with van der Waals surface area (Å²) in [6.07, 6.45) is 0. The Hall–Kier alpha value is -0.443. The van der Waals surface area contributed by atoms with Crippen LogP contribution in [0.2, 0.25) is 0 Å². The van der Waals surface area contributed by atoms with Crippen molar-refractivity contribution in [2.45, 2.75) is 12.6 Å². The van der Waals surface area contributed by atoms with Crippen molar-refractivity contribution in [3.8, 4) is 0 Å². The minimum Gasteiger partial charge on any atom is -0.151 e. The Morgan fingerprint density at radius 1 is 2.00 bits per heavy atom. The molecule has 0 aliphatic carbocycles. The van der Waals surface area contributed by atoms with Crippen LogP contribution in [0.5, 0.6) is 0 Å². The van der Waals surface area contributed by atoms with Gasteiger partial charge < -0.3 is 0 Å². The van der Waals surface area contributed by atoms with E-state index in [2.05, 4.69) is 11.8 Å². The van der Waals surface area contributed by atoms with Gasteiger partial charge in [-0.15, -0.1) is 12.3 Å². The second-order valence-corrected chi connectivity index (χ2v) is 3.71. The van der Waals surface area contributed by atoms with E-state index in [1.807, 2.05) is 12.6 Å². The topological polar surface area (TPSA) is 29.4 Å². The molecule has 1 unspecified atom stereocenters. The van der Waals surface area contributed by atoms with Crippen LogP contribution in [-0.2, 0) is 0 Å². The summed E-state index contributed by atoms with van der Waals surface area (Å²) in [5.74, 6) is 0. The fourth-order valence-electron chi connectivity index (χ4n) is 0.284. The van der Waals surface area contributed by atoms with Crippen LogP contribution in [0.15, 0.2) is 17.5 Å². The van der Waals surface area contributed by atoms with Gasteiger partial charge in [-0.2, -0.15) is 4.91 Å². The summed E-state index contributed by atoms with van der Waals surface area (Å²) in [6, 6.07) is 0. The number of hydrogen-bond donors (Lipinski definition) is 0. The van der Waals surface area contributed by atoms with Gasteiger partial charge in [0.1, 0.15) is 0 Å². The minimum absolute atomic E-state index is 0.0394. The van der Waals surface area contributed by atoms with E-state index in [-0.39, 0.29) is 15.2 Å². The average molecular weight is 115 g/mol. The SMILES string of the molecule is C=C[SiH2]C(C)N=O. The van der Waals surface area contributed by atoms with Crippen molar-refractivity contribution in [1.82, 2.24) is 0 Å². The molecule has 0 heterocycles. The summed E-state index contributed by atoms with van der Waals surface area (Å²) in [5, 5.41) is 2.82. The molecule has 0 aliphatic rings. The van der Waals surface area contributed by atoms with Crippen molar-refractivity contribution in [3.63, 3.8) is 0 Å². The van der Waals surface area contributed by atoms with Gasteiger partial charge in [-0.1, -0.05) is 5.18 Å². The van der Waals surface area contributed by atoms with Gasteiger partial charge >= 0.3 is 0 Å². The monoisotopic (exact) mass is 115 g/mol. The molecular weight excluding hydrogens is 106 g/mol. The zero-order valence-electron chi connectivity index (χ0n) is 4.42. The summed E-state index contributed by atoms with van der Waals surface area (Å²) in [4.78, 5) is 9.63. The molecule has 0 spiro atoms. The largest absolute Gasteiger partial charge is 0.151 e. The summed E-state index contributed by atoms with van der Waals surface area (Å²) in [6.45, 7) is 5.33. The smallest absolute Gasteiger partial charge is 0.0778 e. The Labute approximate surface area is 45.4 Å². The maximum Gasteiger partial charge on any atom is 0.0778 e. The predicted molar refractivity (Wildman–Crippen MR) is 34.0 cm³/mol. The Bertz CT molecular complexity index is 74.1. The molecule has 1 atom stereocenters. The van der Waals surface area contributed by atoms with Crippen molar-refractivity contribution in [2.75, 3.05) is 0 Å². The van der Waals surface area contributed by atoms with Crippen LogP contribution in [0.3, 0.4) is 0 Å². The van der Waals surface area contributed by atoms with Gasteiger partial charge in [0.15, 0.2) is 0 Å². The maximum absolute atomic E-state index is 9.63. The summed E-state index contributed by atoms with van der Waals surface area (Å²) >= 11 is 0. The zero-order valence-corrected chi connectivity index (χ0v) is 5.84. The zero-order chi connectivity index (χ0) is 5.70. The molecule has 0 bridgehead atoms. The summed E-state index contributed by atoms with van der Waals surface area (Å²) in [7, 11) is -0.369. The predicted octanol–water partition coefficient (Wildman–Crippen LogP) is 0.411. The lowest BCUT2D eigenvalue weighted by atomic mass is 10.8. The second-order valence-electron chi connectivity index (χ2n) is 1.48. The van der Waals surface area contributed by atoms with E-state index in [0.29, 0.717) is 0 Å². The fourth-order valence-corrected chi connectivity index (χ4v) is 0.853. The lowest BCUT2D eigenvalue weighted by Crippen LogP contribution is -2.04. The van der Waals surface area contributed by atoms with Crippen LogP contribution < -0.4 is 0 Å². The van der Waals surface area contributed by atoms with Crippen LogP contribution in [0.25, 0.3) is 0 Å². The van der Waals surface area contributed by atoms with Crippen molar-refractivity contribution < 1.29 is 0 Å². The molecule has 0 aromatic carbocycles. The third-order valence-electron chi connectivity index (χ3n) is 0.688. The minimum atomic E-state index is -0.369. The molecule has 2 nitrogen and oxygen atoms in total. The Morgan fingerprint density at radius 2 is 2.57 bits per heavy atom. The van der Waals surface area contributed by atoms with Crippen molar-refractivity contribution >= 4 is 9.52 Å². The van der Waals surface area contributed by atoms with E-state index in [4.69, 9.17) is 0 Å². The molecule has 0 aliphatic heterocycles. The van der Waals surface area contributed by atoms with Crippen LogP contribution >= 0.6 is 0 Å². The second kappa shape index (κ2) is 3.74. The number of nitroso groups, excluding NO2 is 1. The number of nitrogens with zero attached hydrogens (tertiary/aromatic N) is 1. The molecular formula is C4H9NOSi. The van der Waals surface area contributed by atoms with Gasteiger partial charge in [0.25, 0.3) is 0 Å². The molecule has 0 saturated carbocycles. The third-order valence-corrected chi connectivity index (χ3v) is 1.85. The molecule has 3 heteroatoms. The van der Waals surface area contributed by atoms with Crippen LogP contribution in [0, 0.1) is 4.91 Å². The van der Waals surface area contributed by atoms with Crippen molar-refractivity contribution in [2.24, 2.45) is 5.18 Å². The van der Waals surface area contributed by atoms with Crippen LogP contribution in [0.1, 0.15) is 6.92 Å². The lowest BCUT2D eigenvalue weighted by Gasteiger charge is -1.89. The molecule has 40 valence electrons. The molecule has 7 heavy (non-hydrogen) atoms. The average Bonchev–Trinajstić information content (AvgIpc) is 1.68. The fraction of sp³-hybridized carbons (Fsp3) is 0.500. The van der Waals surface area contributed by atoms with E-state index in [1.54, 1.807) is 0 Å². The highest BCUT2D eigenvalue weighted by molar-refractivity contribution is 6.43. The summed E-state index contributed by atoms with van der Waals surface area (Å²) in [5.41, 5.74) is 1.86.